The maximum absolute atomic E-state index is 4.52. The van der Waals surface area contributed by atoms with Crippen LogP contribution in [0.2, 0.25) is 19.6 Å². The highest BCUT2D eigenvalue weighted by Crippen LogP contribution is 2.41. The Morgan fingerprint density at radius 2 is 1.75 bits per heavy atom. The quantitative estimate of drug-likeness (QED) is 0.369. The van der Waals surface area contributed by atoms with Crippen LogP contribution >= 0.6 is 11.8 Å². The van der Waals surface area contributed by atoms with Gasteiger partial charge in [0.05, 0.1) is 8.07 Å². The maximum atomic E-state index is 4.52. The molecule has 1 saturated heterocycles. The summed E-state index contributed by atoms with van der Waals surface area (Å²) < 4.78 is 0. The average molecular weight is 360 g/mol. The third-order valence-electron chi connectivity index (χ3n) is 5.68. The molecule has 132 valence electrons. The molecule has 0 spiro atoms. The normalized spacial score (nSPS) is 25.1. The Balaban J connectivity index is 1.74. The van der Waals surface area contributed by atoms with E-state index in [0.717, 1.165) is 17.5 Å². The number of nitrogens with zero attached hydrogens (tertiary/aromatic N) is 1. The summed E-state index contributed by atoms with van der Waals surface area (Å²) in [5, 5.41) is 0. The largest absolute Gasteiger partial charge is 0.296 e. The summed E-state index contributed by atoms with van der Waals surface area (Å²) in [6.07, 6.45) is 7.10. The van der Waals surface area contributed by atoms with Crippen molar-refractivity contribution in [3.8, 4) is 0 Å². The summed E-state index contributed by atoms with van der Waals surface area (Å²) in [7, 11) is -1.28. The van der Waals surface area contributed by atoms with Crippen LogP contribution in [0.4, 0.5) is 0 Å². The highest BCUT2D eigenvalue weighted by Gasteiger charge is 2.41. The Bertz CT molecular complexity index is 545. The van der Waals surface area contributed by atoms with Crippen molar-refractivity contribution in [3.63, 3.8) is 0 Å². The molecule has 2 fully saturated rings. The zero-order chi connectivity index (χ0) is 17.2. The Labute approximate surface area is 153 Å². The molecule has 1 saturated carbocycles. The lowest BCUT2D eigenvalue weighted by atomic mass is 9.94. The SMILES string of the molecule is C=C1CN(C2CCCCC2)CC1C(Sc1ccccc1)[Si](C)(C)C. The van der Waals surface area contributed by atoms with Crippen molar-refractivity contribution in [3.05, 3.63) is 42.5 Å². The molecule has 0 radical (unpaired) electrons. The van der Waals surface area contributed by atoms with Gasteiger partial charge in [-0.2, -0.15) is 0 Å². The average Bonchev–Trinajstić information content (AvgIpc) is 2.95. The molecular weight excluding hydrogens is 326 g/mol. The van der Waals surface area contributed by atoms with E-state index in [2.05, 4.69) is 73.2 Å². The number of hydrogen-bond donors (Lipinski definition) is 0. The van der Waals surface area contributed by atoms with Crippen molar-refractivity contribution in [2.45, 2.75) is 67.6 Å². The van der Waals surface area contributed by atoms with Crippen LogP contribution in [0.15, 0.2) is 47.4 Å². The van der Waals surface area contributed by atoms with Gasteiger partial charge in [-0.1, -0.05) is 69.3 Å². The number of likely N-dealkylation sites (tertiary alicyclic amines) is 1. The van der Waals surface area contributed by atoms with E-state index in [1.165, 1.54) is 49.1 Å². The van der Waals surface area contributed by atoms with Gasteiger partial charge >= 0.3 is 0 Å². The van der Waals surface area contributed by atoms with Gasteiger partial charge in [0.2, 0.25) is 0 Å². The Morgan fingerprint density at radius 3 is 2.38 bits per heavy atom. The predicted molar refractivity (Wildman–Crippen MR) is 111 cm³/mol. The van der Waals surface area contributed by atoms with Gasteiger partial charge in [-0.05, 0) is 25.0 Å². The molecule has 1 aliphatic carbocycles. The van der Waals surface area contributed by atoms with Crippen molar-refractivity contribution >= 4 is 19.8 Å². The van der Waals surface area contributed by atoms with Gasteiger partial charge in [0.1, 0.15) is 0 Å². The lowest BCUT2D eigenvalue weighted by molar-refractivity contribution is 0.187. The van der Waals surface area contributed by atoms with Crippen LogP contribution in [-0.4, -0.2) is 37.0 Å². The third kappa shape index (κ3) is 4.36. The van der Waals surface area contributed by atoms with Gasteiger partial charge in [0.25, 0.3) is 0 Å². The molecule has 0 amide bonds. The Hall–Kier alpha value is -0.513. The molecule has 2 unspecified atom stereocenters. The van der Waals surface area contributed by atoms with Crippen LogP contribution < -0.4 is 0 Å². The molecular formula is C21H33NSSi. The van der Waals surface area contributed by atoms with Crippen molar-refractivity contribution in [2.24, 2.45) is 5.92 Å². The van der Waals surface area contributed by atoms with Crippen LogP contribution in [0.3, 0.4) is 0 Å². The van der Waals surface area contributed by atoms with E-state index in [0.29, 0.717) is 5.92 Å². The lowest BCUT2D eigenvalue weighted by Crippen LogP contribution is -2.43. The minimum absolute atomic E-state index is 0.670. The summed E-state index contributed by atoms with van der Waals surface area (Å²) >= 11 is 2.12. The molecule has 1 heterocycles. The Morgan fingerprint density at radius 1 is 1.08 bits per heavy atom. The first kappa shape index (κ1) is 18.3. The van der Waals surface area contributed by atoms with E-state index in [1.807, 2.05) is 0 Å². The minimum Gasteiger partial charge on any atom is -0.296 e. The van der Waals surface area contributed by atoms with E-state index >= 15 is 0 Å². The first-order valence-electron chi connectivity index (χ1n) is 9.58. The first-order valence-corrected chi connectivity index (χ1v) is 14.0. The molecule has 3 rings (SSSR count). The lowest BCUT2D eigenvalue weighted by Gasteiger charge is -2.35. The summed E-state index contributed by atoms with van der Waals surface area (Å²) in [6.45, 7) is 14.5. The molecule has 0 N–H and O–H groups in total. The van der Waals surface area contributed by atoms with Crippen molar-refractivity contribution in [2.75, 3.05) is 13.1 Å². The van der Waals surface area contributed by atoms with E-state index in [9.17, 15) is 0 Å². The van der Waals surface area contributed by atoms with Gasteiger partial charge in [-0.3, -0.25) is 4.90 Å². The second kappa shape index (κ2) is 7.80. The molecule has 24 heavy (non-hydrogen) atoms. The smallest absolute Gasteiger partial charge is 0.0600 e. The van der Waals surface area contributed by atoms with Crippen LogP contribution in [0.25, 0.3) is 0 Å². The monoisotopic (exact) mass is 359 g/mol. The van der Waals surface area contributed by atoms with Crippen LogP contribution in [0.1, 0.15) is 32.1 Å². The van der Waals surface area contributed by atoms with E-state index in [1.54, 1.807) is 0 Å². The summed E-state index contributed by atoms with van der Waals surface area (Å²) in [5.74, 6) is 0.670. The van der Waals surface area contributed by atoms with E-state index < -0.39 is 8.07 Å². The second-order valence-corrected chi connectivity index (χ2v) is 15.7. The van der Waals surface area contributed by atoms with Gasteiger partial charge in [-0.25, -0.2) is 0 Å². The first-order chi connectivity index (χ1) is 11.4. The zero-order valence-electron chi connectivity index (χ0n) is 15.6. The molecule has 1 aromatic carbocycles. The highest BCUT2D eigenvalue weighted by atomic mass is 32.2. The maximum Gasteiger partial charge on any atom is 0.0600 e. The highest BCUT2D eigenvalue weighted by molar-refractivity contribution is 8.01. The Kier molecular flexibility index (Phi) is 5.94. The topological polar surface area (TPSA) is 3.24 Å². The zero-order valence-corrected chi connectivity index (χ0v) is 17.4. The minimum atomic E-state index is -1.28. The summed E-state index contributed by atoms with van der Waals surface area (Å²) in [5.41, 5.74) is 1.50. The van der Waals surface area contributed by atoms with Crippen molar-refractivity contribution in [1.29, 1.82) is 0 Å². The molecule has 2 aliphatic rings. The number of rotatable bonds is 5. The molecule has 0 aromatic heterocycles. The van der Waals surface area contributed by atoms with E-state index in [-0.39, 0.29) is 0 Å². The predicted octanol–water partition coefficient (Wildman–Crippen LogP) is 5.85. The molecule has 0 bridgehead atoms. The third-order valence-corrected chi connectivity index (χ3v) is 11.4. The fourth-order valence-electron chi connectivity index (χ4n) is 4.37. The van der Waals surface area contributed by atoms with Crippen molar-refractivity contribution in [1.82, 2.24) is 4.90 Å². The standard InChI is InChI=1S/C21H33NSSi/c1-17-15-22(18-11-7-5-8-12-18)16-20(17)21(24(2,3)4)23-19-13-9-6-10-14-19/h6,9-10,13-14,18,20-21H,1,5,7-8,11-12,15-16H2,2-4H3. The number of benzene rings is 1. The van der Waals surface area contributed by atoms with E-state index in [4.69, 9.17) is 0 Å². The molecule has 1 aliphatic heterocycles. The second-order valence-electron chi connectivity index (χ2n) is 8.70. The fourth-order valence-corrected chi connectivity index (χ4v) is 8.79. The van der Waals surface area contributed by atoms with Gasteiger partial charge in [0, 0.05) is 34.8 Å². The van der Waals surface area contributed by atoms with Crippen LogP contribution in [0, 0.1) is 5.92 Å². The molecule has 3 heteroatoms. The van der Waals surface area contributed by atoms with Crippen LogP contribution in [-0.2, 0) is 0 Å². The molecule has 1 nitrogen and oxygen atoms in total. The summed E-state index contributed by atoms with van der Waals surface area (Å²) in [6, 6.07) is 11.8. The number of hydrogen-bond acceptors (Lipinski definition) is 2. The van der Waals surface area contributed by atoms with Gasteiger partial charge < -0.3 is 0 Å². The molecule has 2 atom stereocenters. The summed E-state index contributed by atoms with van der Waals surface area (Å²) in [4.78, 5) is 4.92. The number of thioether (sulfide) groups is 1. The van der Waals surface area contributed by atoms with Gasteiger partial charge in [0.15, 0.2) is 0 Å². The van der Waals surface area contributed by atoms with Gasteiger partial charge in [-0.15, -0.1) is 11.8 Å². The molecule has 1 aromatic rings. The fraction of sp³-hybridized carbons (Fsp3) is 0.619. The van der Waals surface area contributed by atoms with Crippen LogP contribution in [0.5, 0.6) is 0 Å². The van der Waals surface area contributed by atoms with Crippen molar-refractivity contribution < 1.29 is 0 Å².